The number of carboxylic acid groups (broad SMARTS) is 1. The van der Waals surface area contributed by atoms with Crippen LogP contribution in [0.15, 0.2) is 24.4 Å². The number of halogens is 2. The van der Waals surface area contributed by atoms with Crippen LogP contribution in [-0.4, -0.2) is 16.1 Å². The van der Waals surface area contributed by atoms with Gasteiger partial charge >= 0.3 is 5.97 Å². The SMILES string of the molecule is O=C(O)c1c(Cl)cc(I)c2cccnc12. The average molecular weight is 334 g/mol. The zero-order valence-corrected chi connectivity index (χ0v) is 10.3. The highest BCUT2D eigenvalue weighted by Crippen LogP contribution is 2.28. The van der Waals surface area contributed by atoms with E-state index in [1.807, 2.05) is 6.07 Å². The smallest absolute Gasteiger partial charge is 0.339 e. The van der Waals surface area contributed by atoms with Gasteiger partial charge < -0.3 is 5.11 Å². The Morgan fingerprint density at radius 1 is 1.53 bits per heavy atom. The van der Waals surface area contributed by atoms with E-state index < -0.39 is 5.97 Å². The molecule has 0 aliphatic heterocycles. The van der Waals surface area contributed by atoms with Gasteiger partial charge in [-0.1, -0.05) is 17.7 Å². The van der Waals surface area contributed by atoms with Crippen LogP contribution in [0.2, 0.25) is 5.02 Å². The zero-order chi connectivity index (χ0) is 11.0. The summed E-state index contributed by atoms with van der Waals surface area (Å²) >= 11 is 7.98. The second-order valence-electron chi connectivity index (χ2n) is 2.92. The molecule has 0 spiro atoms. The van der Waals surface area contributed by atoms with E-state index in [4.69, 9.17) is 16.7 Å². The molecule has 0 saturated carbocycles. The van der Waals surface area contributed by atoms with Gasteiger partial charge in [0.05, 0.1) is 10.5 Å². The number of benzene rings is 1. The summed E-state index contributed by atoms with van der Waals surface area (Å²) in [4.78, 5) is 15.1. The molecule has 15 heavy (non-hydrogen) atoms. The molecule has 1 aromatic heterocycles. The summed E-state index contributed by atoms with van der Waals surface area (Å²) in [6, 6.07) is 5.23. The molecule has 2 rings (SSSR count). The molecule has 5 heteroatoms. The highest BCUT2D eigenvalue weighted by Gasteiger charge is 2.16. The summed E-state index contributed by atoms with van der Waals surface area (Å²) in [5.74, 6) is -1.06. The van der Waals surface area contributed by atoms with Crippen LogP contribution in [0.5, 0.6) is 0 Å². The molecule has 2 aromatic rings. The number of carbonyl (C=O) groups is 1. The van der Waals surface area contributed by atoms with Crippen LogP contribution in [0.25, 0.3) is 10.9 Å². The minimum absolute atomic E-state index is 0.0627. The third kappa shape index (κ3) is 1.79. The van der Waals surface area contributed by atoms with Crippen molar-refractivity contribution >= 4 is 51.1 Å². The van der Waals surface area contributed by atoms with Crippen molar-refractivity contribution in [2.75, 3.05) is 0 Å². The molecular formula is C10H5ClINO2. The van der Waals surface area contributed by atoms with Crippen molar-refractivity contribution in [3.05, 3.63) is 38.6 Å². The second kappa shape index (κ2) is 3.94. The van der Waals surface area contributed by atoms with Gasteiger partial charge in [0.25, 0.3) is 0 Å². The van der Waals surface area contributed by atoms with Crippen LogP contribution in [0, 0.1) is 3.57 Å². The maximum atomic E-state index is 11.0. The predicted octanol–water partition coefficient (Wildman–Crippen LogP) is 3.19. The van der Waals surface area contributed by atoms with Gasteiger partial charge in [0, 0.05) is 15.2 Å². The first kappa shape index (κ1) is 10.6. The first-order chi connectivity index (χ1) is 7.11. The van der Waals surface area contributed by atoms with Crippen molar-refractivity contribution in [1.82, 2.24) is 4.98 Å². The zero-order valence-electron chi connectivity index (χ0n) is 7.37. The molecule has 0 fully saturated rings. The first-order valence-electron chi connectivity index (χ1n) is 4.07. The summed E-state index contributed by atoms with van der Waals surface area (Å²) < 4.78 is 0.894. The van der Waals surface area contributed by atoms with Gasteiger partial charge in [-0.3, -0.25) is 4.98 Å². The monoisotopic (exact) mass is 333 g/mol. The molecule has 0 saturated heterocycles. The van der Waals surface area contributed by atoms with Crippen molar-refractivity contribution in [2.24, 2.45) is 0 Å². The highest BCUT2D eigenvalue weighted by molar-refractivity contribution is 14.1. The number of nitrogens with zero attached hydrogens (tertiary/aromatic N) is 1. The Hall–Kier alpha value is -0.880. The summed E-state index contributed by atoms with van der Waals surface area (Å²) in [6.45, 7) is 0. The summed E-state index contributed by atoms with van der Waals surface area (Å²) in [5.41, 5.74) is 0.495. The third-order valence-corrected chi connectivity index (χ3v) is 3.20. The molecule has 0 aliphatic rings. The topological polar surface area (TPSA) is 50.2 Å². The summed E-state index contributed by atoms with van der Waals surface area (Å²) in [7, 11) is 0. The van der Waals surface area contributed by atoms with E-state index in [-0.39, 0.29) is 10.6 Å². The standard InChI is InChI=1S/C10H5ClINO2/c11-6-4-7(12)5-2-1-3-13-9(5)8(6)10(14)15/h1-4H,(H,14,15). The van der Waals surface area contributed by atoms with E-state index in [0.29, 0.717) is 5.52 Å². The van der Waals surface area contributed by atoms with Crippen molar-refractivity contribution in [1.29, 1.82) is 0 Å². The number of pyridine rings is 1. The van der Waals surface area contributed by atoms with Crippen LogP contribution < -0.4 is 0 Å². The molecule has 1 N–H and O–H groups in total. The molecule has 0 unspecified atom stereocenters. The minimum atomic E-state index is -1.06. The van der Waals surface area contributed by atoms with Crippen LogP contribution in [-0.2, 0) is 0 Å². The van der Waals surface area contributed by atoms with Crippen LogP contribution in [0.1, 0.15) is 10.4 Å². The lowest BCUT2D eigenvalue weighted by atomic mass is 10.1. The Morgan fingerprint density at radius 2 is 2.27 bits per heavy atom. The maximum absolute atomic E-state index is 11.0. The fraction of sp³-hybridized carbons (Fsp3) is 0. The fourth-order valence-electron chi connectivity index (χ4n) is 1.37. The average Bonchev–Trinajstić information content (AvgIpc) is 2.17. The van der Waals surface area contributed by atoms with Crippen molar-refractivity contribution < 1.29 is 9.90 Å². The fourth-order valence-corrected chi connectivity index (χ4v) is 2.59. The van der Waals surface area contributed by atoms with Gasteiger partial charge in [0.2, 0.25) is 0 Å². The molecule has 0 bridgehead atoms. The molecule has 0 aliphatic carbocycles. The number of carboxylic acids is 1. The number of aromatic carboxylic acids is 1. The number of fused-ring (bicyclic) bond motifs is 1. The van der Waals surface area contributed by atoms with E-state index in [1.165, 1.54) is 0 Å². The molecule has 0 atom stereocenters. The molecule has 1 heterocycles. The maximum Gasteiger partial charge on any atom is 0.339 e. The quantitative estimate of drug-likeness (QED) is 0.816. The second-order valence-corrected chi connectivity index (χ2v) is 4.49. The molecule has 3 nitrogen and oxygen atoms in total. The molecule has 76 valence electrons. The van der Waals surface area contributed by atoms with Crippen molar-refractivity contribution in [2.45, 2.75) is 0 Å². The largest absolute Gasteiger partial charge is 0.478 e. The Balaban J connectivity index is 2.96. The Bertz CT molecular complexity index is 556. The Labute approximate surface area is 104 Å². The predicted molar refractivity (Wildman–Crippen MR) is 66.4 cm³/mol. The lowest BCUT2D eigenvalue weighted by Gasteiger charge is -2.05. The third-order valence-electron chi connectivity index (χ3n) is 2.01. The van der Waals surface area contributed by atoms with Crippen molar-refractivity contribution in [3.8, 4) is 0 Å². The molecule has 0 radical (unpaired) electrons. The van der Waals surface area contributed by atoms with E-state index in [2.05, 4.69) is 27.6 Å². The van der Waals surface area contributed by atoms with Gasteiger partial charge in [0.1, 0.15) is 5.56 Å². The molecular weight excluding hydrogens is 328 g/mol. The Morgan fingerprint density at radius 3 is 2.93 bits per heavy atom. The minimum Gasteiger partial charge on any atom is -0.478 e. The number of aromatic nitrogens is 1. The number of rotatable bonds is 1. The Kier molecular flexibility index (Phi) is 2.79. The van der Waals surface area contributed by atoms with Gasteiger partial charge in [-0.05, 0) is 34.7 Å². The van der Waals surface area contributed by atoms with E-state index >= 15 is 0 Å². The van der Waals surface area contributed by atoms with E-state index in [1.54, 1.807) is 18.3 Å². The molecule has 1 aromatic carbocycles. The molecule has 0 amide bonds. The number of hydrogen-bond acceptors (Lipinski definition) is 2. The van der Waals surface area contributed by atoms with Crippen molar-refractivity contribution in [3.63, 3.8) is 0 Å². The highest BCUT2D eigenvalue weighted by atomic mass is 127. The lowest BCUT2D eigenvalue weighted by Crippen LogP contribution is -2.01. The van der Waals surface area contributed by atoms with Gasteiger partial charge in [-0.15, -0.1) is 0 Å². The van der Waals surface area contributed by atoms with Gasteiger partial charge in [-0.2, -0.15) is 0 Å². The first-order valence-corrected chi connectivity index (χ1v) is 5.53. The normalized spacial score (nSPS) is 10.5. The van der Waals surface area contributed by atoms with E-state index in [9.17, 15) is 4.79 Å². The van der Waals surface area contributed by atoms with E-state index in [0.717, 1.165) is 8.96 Å². The van der Waals surface area contributed by atoms with Crippen LogP contribution in [0.3, 0.4) is 0 Å². The van der Waals surface area contributed by atoms with Gasteiger partial charge in [0.15, 0.2) is 0 Å². The lowest BCUT2D eigenvalue weighted by molar-refractivity contribution is 0.0699. The summed E-state index contributed by atoms with van der Waals surface area (Å²) in [5, 5.41) is 10.1. The van der Waals surface area contributed by atoms with Crippen LogP contribution in [0.4, 0.5) is 0 Å². The van der Waals surface area contributed by atoms with Crippen LogP contribution >= 0.6 is 34.2 Å². The van der Waals surface area contributed by atoms with Gasteiger partial charge in [-0.25, -0.2) is 4.79 Å². The number of hydrogen-bond donors (Lipinski definition) is 1. The summed E-state index contributed by atoms with van der Waals surface area (Å²) in [6.07, 6.45) is 1.56.